The SMILES string of the molecule is O=C(c1ccncc1)N1CCCN(CCSc2ccccc2)CC1. The Bertz CT molecular complexity index is 636. The van der Waals surface area contributed by atoms with E-state index in [-0.39, 0.29) is 5.91 Å². The molecular weight excluding hydrogens is 318 g/mol. The van der Waals surface area contributed by atoms with E-state index in [4.69, 9.17) is 0 Å². The number of carbonyl (C=O) groups is 1. The second kappa shape index (κ2) is 8.85. The maximum Gasteiger partial charge on any atom is 0.254 e. The highest BCUT2D eigenvalue weighted by Gasteiger charge is 2.19. The predicted octanol–water partition coefficient (Wildman–Crippen LogP) is 3.02. The van der Waals surface area contributed by atoms with Crippen molar-refractivity contribution in [2.75, 3.05) is 38.5 Å². The highest BCUT2D eigenvalue weighted by molar-refractivity contribution is 7.99. The number of benzene rings is 1. The zero-order valence-corrected chi connectivity index (χ0v) is 14.6. The summed E-state index contributed by atoms with van der Waals surface area (Å²) < 4.78 is 0. The van der Waals surface area contributed by atoms with Crippen LogP contribution < -0.4 is 0 Å². The van der Waals surface area contributed by atoms with Crippen molar-refractivity contribution in [2.24, 2.45) is 0 Å². The zero-order chi connectivity index (χ0) is 16.6. The smallest absolute Gasteiger partial charge is 0.254 e. The molecule has 0 spiro atoms. The summed E-state index contributed by atoms with van der Waals surface area (Å²) >= 11 is 1.90. The van der Waals surface area contributed by atoms with E-state index in [0.717, 1.165) is 50.5 Å². The van der Waals surface area contributed by atoms with Gasteiger partial charge in [0.2, 0.25) is 0 Å². The van der Waals surface area contributed by atoms with Crippen molar-refractivity contribution >= 4 is 17.7 Å². The summed E-state index contributed by atoms with van der Waals surface area (Å²) in [5.74, 6) is 1.21. The molecule has 1 aliphatic rings. The first kappa shape index (κ1) is 17.0. The third-order valence-corrected chi connectivity index (χ3v) is 5.21. The van der Waals surface area contributed by atoms with Gasteiger partial charge in [0.1, 0.15) is 0 Å². The fraction of sp³-hybridized carbons (Fsp3) is 0.368. The van der Waals surface area contributed by atoms with Crippen LogP contribution in [0.1, 0.15) is 16.8 Å². The highest BCUT2D eigenvalue weighted by Crippen LogP contribution is 2.17. The molecule has 0 atom stereocenters. The van der Waals surface area contributed by atoms with Crippen molar-refractivity contribution < 1.29 is 4.79 Å². The van der Waals surface area contributed by atoms with Gasteiger partial charge < -0.3 is 9.80 Å². The van der Waals surface area contributed by atoms with Crippen LogP contribution in [0.25, 0.3) is 0 Å². The molecule has 2 aromatic rings. The van der Waals surface area contributed by atoms with Crippen LogP contribution in [0, 0.1) is 0 Å². The van der Waals surface area contributed by atoms with E-state index in [1.54, 1.807) is 24.5 Å². The lowest BCUT2D eigenvalue weighted by Crippen LogP contribution is -2.35. The van der Waals surface area contributed by atoms with Crippen LogP contribution in [0.2, 0.25) is 0 Å². The molecule has 1 aliphatic heterocycles. The first-order chi connectivity index (χ1) is 11.8. The first-order valence-electron chi connectivity index (χ1n) is 8.42. The van der Waals surface area contributed by atoms with Crippen molar-refractivity contribution in [1.29, 1.82) is 0 Å². The quantitative estimate of drug-likeness (QED) is 0.784. The molecule has 1 aromatic heterocycles. The second-order valence-electron chi connectivity index (χ2n) is 5.88. The van der Waals surface area contributed by atoms with E-state index in [0.29, 0.717) is 0 Å². The lowest BCUT2D eigenvalue weighted by molar-refractivity contribution is 0.0761. The minimum atomic E-state index is 0.123. The summed E-state index contributed by atoms with van der Waals surface area (Å²) in [6.07, 6.45) is 4.39. The number of hydrogen-bond donors (Lipinski definition) is 0. The maximum atomic E-state index is 12.5. The normalized spacial score (nSPS) is 15.9. The molecule has 0 unspecified atom stereocenters. The summed E-state index contributed by atoms with van der Waals surface area (Å²) in [5, 5.41) is 0. The molecule has 1 fully saturated rings. The molecule has 4 nitrogen and oxygen atoms in total. The third-order valence-electron chi connectivity index (χ3n) is 4.22. The highest BCUT2D eigenvalue weighted by atomic mass is 32.2. The Hall–Kier alpha value is -1.85. The molecule has 1 saturated heterocycles. The van der Waals surface area contributed by atoms with Gasteiger partial charge in [-0.3, -0.25) is 9.78 Å². The number of rotatable bonds is 5. The Morgan fingerprint density at radius 1 is 1.00 bits per heavy atom. The minimum Gasteiger partial charge on any atom is -0.337 e. The van der Waals surface area contributed by atoms with Crippen LogP contribution in [0.3, 0.4) is 0 Å². The molecule has 2 heterocycles. The van der Waals surface area contributed by atoms with E-state index >= 15 is 0 Å². The molecule has 3 rings (SSSR count). The van der Waals surface area contributed by atoms with Gasteiger partial charge in [-0.2, -0.15) is 0 Å². The van der Waals surface area contributed by atoms with Crippen molar-refractivity contribution in [2.45, 2.75) is 11.3 Å². The number of amides is 1. The Morgan fingerprint density at radius 2 is 1.79 bits per heavy atom. The van der Waals surface area contributed by atoms with E-state index in [1.807, 2.05) is 22.7 Å². The number of nitrogens with zero attached hydrogens (tertiary/aromatic N) is 3. The number of hydrogen-bond acceptors (Lipinski definition) is 4. The average Bonchev–Trinajstić information content (AvgIpc) is 2.88. The van der Waals surface area contributed by atoms with Gasteiger partial charge >= 0.3 is 0 Å². The Balaban J connectivity index is 1.46. The lowest BCUT2D eigenvalue weighted by Gasteiger charge is -2.22. The first-order valence-corrected chi connectivity index (χ1v) is 9.41. The number of thioether (sulfide) groups is 1. The fourth-order valence-electron chi connectivity index (χ4n) is 2.88. The molecule has 1 aromatic carbocycles. The molecule has 24 heavy (non-hydrogen) atoms. The number of pyridine rings is 1. The van der Waals surface area contributed by atoms with E-state index in [9.17, 15) is 4.79 Å². The van der Waals surface area contributed by atoms with Crippen LogP contribution in [-0.2, 0) is 0 Å². The van der Waals surface area contributed by atoms with Crippen LogP contribution >= 0.6 is 11.8 Å². The van der Waals surface area contributed by atoms with Gasteiger partial charge in [-0.15, -0.1) is 11.8 Å². The van der Waals surface area contributed by atoms with Gasteiger partial charge in [0.05, 0.1) is 0 Å². The molecule has 0 aliphatic carbocycles. The van der Waals surface area contributed by atoms with Gasteiger partial charge in [-0.25, -0.2) is 0 Å². The van der Waals surface area contributed by atoms with Crippen molar-refractivity contribution in [3.05, 3.63) is 60.4 Å². The molecular formula is C19H23N3OS. The van der Waals surface area contributed by atoms with Crippen molar-refractivity contribution in [3.63, 3.8) is 0 Å². The largest absolute Gasteiger partial charge is 0.337 e. The van der Waals surface area contributed by atoms with Gasteiger partial charge in [-0.1, -0.05) is 18.2 Å². The third kappa shape index (κ3) is 4.82. The Morgan fingerprint density at radius 3 is 2.58 bits per heavy atom. The average molecular weight is 341 g/mol. The van der Waals surface area contributed by atoms with Crippen LogP contribution in [0.5, 0.6) is 0 Å². The molecule has 5 heteroatoms. The van der Waals surface area contributed by atoms with Gasteiger partial charge in [0.25, 0.3) is 5.91 Å². The standard InChI is InChI=1S/C19H23N3OS/c23-19(17-7-9-20-10-8-17)22-12-4-11-21(13-14-22)15-16-24-18-5-2-1-3-6-18/h1-3,5-10H,4,11-16H2. The topological polar surface area (TPSA) is 36.4 Å². The summed E-state index contributed by atoms with van der Waals surface area (Å²) in [6.45, 7) is 4.72. The summed E-state index contributed by atoms with van der Waals surface area (Å²) in [6, 6.07) is 14.1. The summed E-state index contributed by atoms with van der Waals surface area (Å²) in [7, 11) is 0. The van der Waals surface area contributed by atoms with E-state index in [2.05, 4.69) is 34.1 Å². The van der Waals surface area contributed by atoms with Gasteiger partial charge in [-0.05, 0) is 37.2 Å². The Kier molecular flexibility index (Phi) is 6.26. The predicted molar refractivity (Wildman–Crippen MR) is 98.4 cm³/mol. The Labute approximate surface area is 147 Å². The van der Waals surface area contributed by atoms with E-state index < -0.39 is 0 Å². The monoisotopic (exact) mass is 341 g/mol. The molecule has 0 N–H and O–H groups in total. The lowest BCUT2D eigenvalue weighted by atomic mass is 10.2. The van der Waals surface area contributed by atoms with Crippen molar-refractivity contribution in [1.82, 2.24) is 14.8 Å². The maximum absolute atomic E-state index is 12.5. The summed E-state index contributed by atoms with van der Waals surface area (Å²) in [4.78, 5) is 22.3. The zero-order valence-electron chi connectivity index (χ0n) is 13.8. The van der Waals surface area contributed by atoms with Crippen LogP contribution in [0.4, 0.5) is 0 Å². The molecule has 126 valence electrons. The molecule has 1 amide bonds. The van der Waals surface area contributed by atoms with Crippen molar-refractivity contribution in [3.8, 4) is 0 Å². The van der Waals surface area contributed by atoms with Crippen LogP contribution in [-0.4, -0.2) is 59.2 Å². The van der Waals surface area contributed by atoms with E-state index in [1.165, 1.54) is 4.90 Å². The molecule has 0 radical (unpaired) electrons. The van der Waals surface area contributed by atoms with Gasteiger partial charge in [0, 0.05) is 54.8 Å². The summed E-state index contributed by atoms with van der Waals surface area (Å²) in [5.41, 5.74) is 0.734. The molecule has 0 saturated carbocycles. The minimum absolute atomic E-state index is 0.123. The number of carbonyl (C=O) groups excluding carboxylic acids is 1. The van der Waals surface area contributed by atoms with Crippen LogP contribution in [0.15, 0.2) is 59.8 Å². The van der Waals surface area contributed by atoms with Gasteiger partial charge in [0.15, 0.2) is 0 Å². The molecule has 0 bridgehead atoms. The number of aromatic nitrogens is 1. The fourth-order valence-corrected chi connectivity index (χ4v) is 3.82. The second-order valence-corrected chi connectivity index (χ2v) is 7.05.